The van der Waals surface area contributed by atoms with Crippen molar-refractivity contribution >= 4 is 16.8 Å². The maximum Gasteiger partial charge on any atom is 0.129 e. The van der Waals surface area contributed by atoms with Crippen LogP contribution in [-0.2, 0) is 0 Å². The normalized spacial score (nSPS) is 12.2. The van der Waals surface area contributed by atoms with Gasteiger partial charge in [0.15, 0.2) is 0 Å². The number of hydrogen-bond donors (Lipinski definition) is 2. The van der Waals surface area contributed by atoms with Crippen LogP contribution in [-0.4, -0.2) is 5.17 Å². The lowest BCUT2D eigenvalue weighted by atomic mass is 10.2. The van der Waals surface area contributed by atoms with Gasteiger partial charge in [0, 0.05) is 11.3 Å². The molecule has 0 bridgehead atoms. The Labute approximate surface area is 59.5 Å². The molecule has 0 saturated heterocycles. The fraction of sp³-hybridized carbons (Fsp3) is 0.167. The minimum absolute atomic E-state index is 0.0648. The topological polar surface area (TPSA) is 49.9 Å². The van der Waals surface area contributed by atoms with Crippen molar-refractivity contribution in [1.29, 1.82) is 5.41 Å². The van der Waals surface area contributed by atoms with Gasteiger partial charge >= 0.3 is 0 Å². The maximum absolute atomic E-state index is 6.94. The fourth-order valence-corrected chi connectivity index (χ4v) is 0.650. The molecule has 0 fully saturated rings. The van der Waals surface area contributed by atoms with E-state index in [1.165, 1.54) is 6.08 Å². The molecule has 0 aromatic heterocycles. The van der Waals surface area contributed by atoms with Crippen LogP contribution in [0.25, 0.3) is 0 Å². The summed E-state index contributed by atoms with van der Waals surface area (Å²) < 4.78 is 0. The zero-order valence-corrected chi connectivity index (χ0v) is 6.00. The van der Waals surface area contributed by atoms with Crippen molar-refractivity contribution in [2.45, 2.75) is 6.92 Å². The Kier molecular flexibility index (Phi) is 3.02. The van der Waals surface area contributed by atoms with Gasteiger partial charge in [-0.1, -0.05) is 24.3 Å². The molecule has 0 spiro atoms. The third kappa shape index (κ3) is 2.33. The summed E-state index contributed by atoms with van der Waals surface area (Å²) >= 11 is 5.31. The van der Waals surface area contributed by atoms with Crippen molar-refractivity contribution in [2.24, 2.45) is 5.73 Å². The highest BCUT2D eigenvalue weighted by molar-refractivity contribution is 6.69. The summed E-state index contributed by atoms with van der Waals surface area (Å²) in [5, 5.41) is 6.87. The molecule has 0 amide bonds. The lowest BCUT2D eigenvalue weighted by Gasteiger charge is -1.97. The molecule has 0 aliphatic carbocycles. The Balaban J connectivity index is 4.55. The molecule has 0 aromatic rings. The van der Waals surface area contributed by atoms with Crippen molar-refractivity contribution in [3.05, 3.63) is 23.9 Å². The van der Waals surface area contributed by atoms with E-state index in [-0.39, 0.29) is 5.17 Å². The predicted molar refractivity (Wildman–Crippen MR) is 40.7 cm³/mol. The SMILES string of the molecule is C=CC(C(=N)Cl)=C(C)N. The predicted octanol–water partition coefficient (Wildman–Crippen LogP) is 1.62. The second kappa shape index (κ2) is 3.30. The van der Waals surface area contributed by atoms with Gasteiger partial charge in [-0.2, -0.15) is 0 Å². The first-order valence-electron chi connectivity index (χ1n) is 2.42. The largest absolute Gasteiger partial charge is 0.402 e. The summed E-state index contributed by atoms with van der Waals surface area (Å²) in [5.41, 5.74) is 6.35. The second-order valence-corrected chi connectivity index (χ2v) is 1.99. The first-order valence-corrected chi connectivity index (χ1v) is 2.80. The highest BCUT2D eigenvalue weighted by Crippen LogP contribution is 2.04. The zero-order chi connectivity index (χ0) is 7.44. The van der Waals surface area contributed by atoms with Crippen LogP contribution in [0.4, 0.5) is 0 Å². The average molecular weight is 145 g/mol. The van der Waals surface area contributed by atoms with Gasteiger partial charge < -0.3 is 5.73 Å². The molecule has 0 aliphatic heterocycles. The Morgan fingerprint density at radius 3 is 2.22 bits per heavy atom. The summed E-state index contributed by atoms with van der Waals surface area (Å²) in [6.07, 6.45) is 1.46. The van der Waals surface area contributed by atoms with Crippen LogP contribution in [0.3, 0.4) is 0 Å². The van der Waals surface area contributed by atoms with Crippen LogP contribution in [0.2, 0.25) is 0 Å². The minimum Gasteiger partial charge on any atom is -0.402 e. The summed E-state index contributed by atoms with van der Waals surface area (Å²) in [4.78, 5) is 0. The van der Waals surface area contributed by atoms with E-state index in [1.807, 2.05) is 0 Å². The van der Waals surface area contributed by atoms with Gasteiger partial charge in [-0.25, -0.2) is 0 Å². The number of hydrogen-bond acceptors (Lipinski definition) is 2. The van der Waals surface area contributed by atoms with Crippen molar-refractivity contribution in [1.82, 2.24) is 0 Å². The smallest absolute Gasteiger partial charge is 0.129 e. The molecule has 0 aromatic carbocycles. The molecular formula is C6H9ClN2. The molecule has 2 nitrogen and oxygen atoms in total. The maximum atomic E-state index is 6.94. The summed E-state index contributed by atoms with van der Waals surface area (Å²) in [6, 6.07) is 0. The van der Waals surface area contributed by atoms with Crippen molar-refractivity contribution < 1.29 is 0 Å². The number of rotatable bonds is 2. The number of nitrogens with two attached hydrogens (primary N) is 1. The van der Waals surface area contributed by atoms with Crippen molar-refractivity contribution in [3.8, 4) is 0 Å². The van der Waals surface area contributed by atoms with Crippen LogP contribution >= 0.6 is 11.6 Å². The molecule has 0 radical (unpaired) electrons. The monoisotopic (exact) mass is 144 g/mol. The molecule has 0 rings (SSSR count). The molecule has 3 N–H and O–H groups in total. The standard InChI is InChI=1S/C6H9ClN2/c1-3-5(4(2)8)6(7)9/h3,9H,1,8H2,2H3. The molecular weight excluding hydrogens is 136 g/mol. The van der Waals surface area contributed by atoms with Gasteiger partial charge in [-0.3, -0.25) is 5.41 Å². The quantitative estimate of drug-likeness (QED) is 0.449. The number of nitrogens with one attached hydrogen (secondary N) is 1. The molecule has 0 unspecified atom stereocenters. The fourth-order valence-electron chi connectivity index (χ4n) is 0.424. The first kappa shape index (κ1) is 8.24. The third-order valence-electron chi connectivity index (χ3n) is 0.865. The molecule has 9 heavy (non-hydrogen) atoms. The zero-order valence-electron chi connectivity index (χ0n) is 5.24. The Hall–Kier alpha value is -0.760. The molecule has 0 atom stereocenters. The summed E-state index contributed by atoms with van der Waals surface area (Å²) in [5.74, 6) is 0. The van der Waals surface area contributed by atoms with Crippen LogP contribution in [0, 0.1) is 5.41 Å². The van der Waals surface area contributed by atoms with Crippen LogP contribution in [0.1, 0.15) is 6.92 Å². The van der Waals surface area contributed by atoms with E-state index in [4.69, 9.17) is 22.7 Å². The van der Waals surface area contributed by atoms with Gasteiger partial charge in [-0.05, 0) is 6.92 Å². The molecule has 0 saturated carbocycles. The van der Waals surface area contributed by atoms with Gasteiger partial charge in [0.05, 0.1) is 0 Å². The van der Waals surface area contributed by atoms with Crippen LogP contribution in [0.5, 0.6) is 0 Å². The van der Waals surface area contributed by atoms with Gasteiger partial charge in [0.2, 0.25) is 0 Å². The van der Waals surface area contributed by atoms with E-state index in [9.17, 15) is 0 Å². The third-order valence-corrected chi connectivity index (χ3v) is 1.07. The highest BCUT2D eigenvalue weighted by Gasteiger charge is 1.97. The number of halogens is 1. The van der Waals surface area contributed by atoms with Crippen molar-refractivity contribution in [2.75, 3.05) is 0 Å². The molecule has 3 heteroatoms. The molecule has 0 heterocycles. The minimum atomic E-state index is -0.0648. The van der Waals surface area contributed by atoms with E-state index in [0.717, 1.165) is 0 Å². The summed E-state index contributed by atoms with van der Waals surface area (Å²) in [6.45, 7) is 5.11. The molecule has 50 valence electrons. The lowest BCUT2D eigenvalue weighted by molar-refractivity contribution is 1.29. The van der Waals surface area contributed by atoms with E-state index in [0.29, 0.717) is 11.3 Å². The average Bonchev–Trinajstić information content (AvgIpc) is 1.64. The van der Waals surface area contributed by atoms with Gasteiger partial charge in [0.1, 0.15) is 5.17 Å². The Morgan fingerprint density at radius 2 is 2.22 bits per heavy atom. The van der Waals surface area contributed by atoms with E-state index in [1.54, 1.807) is 6.92 Å². The van der Waals surface area contributed by atoms with Crippen LogP contribution < -0.4 is 5.73 Å². The van der Waals surface area contributed by atoms with E-state index in [2.05, 4.69) is 6.58 Å². The summed E-state index contributed by atoms with van der Waals surface area (Å²) in [7, 11) is 0. The second-order valence-electron chi connectivity index (χ2n) is 1.61. The van der Waals surface area contributed by atoms with Crippen molar-refractivity contribution in [3.63, 3.8) is 0 Å². The Morgan fingerprint density at radius 1 is 1.78 bits per heavy atom. The highest BCUT2D eigenvalue weighted by atomic mass is 35.5. The van der Waals surface area contributed by atoms with E-state index < -0.39 is 0 Å². The van der Waals surface area contributed by atoms with Gasteiger partial charge in [0.25, 0.3) is 0 Å². The number of allylic oxidation sites excluding steroid dienone is 3. The van der Waals surface area contributed by atoms with Crippen LogP contribution in [0.15, 0.2) is 23.9 Å². The Bertz CT molecular complexity index is 166. The van der Waals surface area contributed by atoms with E-state index >= 15 is 0 Å². The van der Waals surface area contributed by atoms with Gasteiger partial charge in [-0.15, -0.1) is 0 Å². The molecule has 0 aliphatic rings. The first-order chi connectivity index (χ1) is 4.09. The lowest BCUT2D eigenvalue weighted by Crippen LogP contribution is -2.00.